The van der Waals surface area contributed by atoms with Crippen molar-refractivity contribution < 1.29 is 14.5 Å². The second-order valence-electron chi connectivity index (χ2n) is 6.52. The molecule has 0 spiro atoms. The normalized spacial score (nSPS) is 10.8. The number of ether oxygens (including phenoxy) is 1. The average molecular weight is 651 g/mol. The first-order valence-electron chi connectivity index (χ1n) is 9.20. The summed E-state index contributed by atoms with van der Waals surface area (Å²) in [5.74, 6) is 0.177. The highest BCUT2D eigenvalue weighted by molar-refractivity contribution is 14.1. The Morgan fingerprint density at radius 1 is 1.09 bits per heavy atom. The quantitative estimate of drug-likeness (QED) is 0.112. The predicted octanol–water partition coefficient (Wildman–Crippen LogP) is 5.93. The van der Waals surface area contributed by atoms with Gasteiger partial charge in [0, 0.05) is 17.8 Å². The summed E-state index contributed by atoms with van der Waals surface area (Å²) in [6, 6.07) is 20.7. The van der Waals surface area contributed by atoms with Crippen LogP contribution in [0.25, 0.3) is 6.08 Å². The zero-order valence-electron chi connectivity index (χ0n) is 16.4. The predicted molar refractivity (Wildman–Crippen MR) is 138 cm³/mol. The van der Waals surface area contributed by atoms with Crippen LogP contribution in [-0.2, 0) is 11.4 Å². The summed E-state index contributed by atoms with van der Waals surface area (Å²) in [6.45, 7) is 0.252. The maximum absolute atomic E-state index is 12.4. The second-order valence-corrected chi connectivity index (χ2v) is 8.84. The molecule has 0 unspecified atom stereocenters. The SMILES string of the molecule is N#C/C(=C/c1cc(I)c(OCc2ccc([N+](=O)[O-])cc2)c(I)c1)C(=O)Nc1ccccc1. The number of nitrogens with zero attached hydrogens (tertiary/aromatic N) is 2. The molecule has 0 saturated carbocycles. The smallest absolute Gasteiger partial charge is 0.269 e. The number of halogens is 2. The average Bonchev–Trinajstić information content (AvgIpc) is 2.77. The van der Waals surface area contributed by atoms with Gasteiger partial charge in [-0.3, -0.25) is 14.9 Å². The number of carbonyl (C=O) groups is 1. The van der Waals surface area contributed by atoms with Crippen LogP contribution in [0.15, 0.2) is 72.3 Å². The Morgan fingerprint density at radius 3 is 2.28 bits per heavy atom. The van der Waals surface area contributed by atoms with Crippen LogP contribution in [0.3, 0.4) is 0 Å². The first-order chi connectivity index (χ1) is 15.4. The fourth-order valence-electron chi connectivity index (χ4n) is 2.71. The lowest BCUT2D eigenvalue weighted by atomic mass is 10.1. The monoisotopic (exact) mass is 651 g/mol. The van der Waals surface area contributed by atoms with E-state index in [9.17, 15) is 20.2 Å². The summed E-state index contributed by atoms with van der Waals surface area (Å²) in [5, 5.41) is 22.9. The fraction of sp³-hybridized carbons (Fsp3) is 0.0435. The van der Waals surface area contributed by atoms with Crippen LogP contribution in [-0.4, -0.2) is 10.8 Å². The Morgan fingerprint density at radius 2 is 1.72 bits per heavy atom. The molecule has 0 aliphatic carbocycles. The molecule has 0 aliphatic heterocycles. The van der Waals surface area contributed by atoms with Gasteiger partial charge in [0.05, 0.1) is 12.1 Å². The summed E-state index contributed by atoms with van der Waals surface area (Å²) in [7, 11) is 0. The lowest BCUT2D eigenvalue weighted by Crippen LogP contribution is -2.13. The number of benzene rings is 3. The molecule has 0 radical (unpaired) electrons. The second kappa shape index (κ2) is 11.1. The van der Waals surface area contributed by atoms with Crippen LogP contribution < -0.4 is 10.1 Å². The van der Waals surface area contributed by atoms with Gasteiger partial charge in [0.1, 0.15) is 24.0 Å². The van der Waals surface area contributed by atoms with Crippen molar-refractivity contribution in [1.29, 1.82) is 5.26 Å². The van der Waals surface area contributed by atoms with Gasteiger partial charge in [0.25, 0.3) is 11.6 Å². The molecule has 7 nitrogen and oxygen atoms in total. The van der Waals surface area contributed by atoms with E-state index in [1.165, 1.54) is 18.2 Å². The number of para-hydroxylation sites is 1. The van der Waals surface area contributed by atoms with Crippen molar-refractivity contribution in [1.82, 2.24) is 0 Å². The molecule has 3 aromatic carbocycles. The Bertz CT molecular complexity index is 1200. The van der Waals surface area contributed by atoms with Crippen molar-refractivity contribution in [2.45, 2.75) is 6.61 Å². The number of nitrogens with one attached hydrogen (secondary N) is 1. The van der Waals surface area contributed by atoms with Gasteiger partial charge < -0.3 is 10.1 Å². The van der Waals surface area contributed by atoms with Crippen LogP contribution in [0.2, 0.25) is 0 Å². The maximum Gasteiger partial charge on any atom is 0.269 e. The van der Waals surface area contributed by atoms with Gasteiger partial charge in [-0.1, -0.05) is 18.2 Å². The summed E-state index contributed by atoms with van der Waals surface area (Å²) < 4.78 is 7.53. The van der Waals surface area contributed by atoms with Gasteiger partial charge in [-0.15, -0.1) is 0 Å². The van der Waals surface area contributed by atoms with Crippen molar-refractivity contribution in [2.24, 2.45) is 0 Å². The van der Waals surface area contributed by atoms with Crippen molar-refractivity contribution >= 4 is 68.5 Å². The molecule has 0 aromatic heterocycles. The number of anilines is 1. The minimum atomic E-state index is -0.484. The Labute approximate surface area is 211 Å². The highest BCUT2D eigenvalue weighted by atomic mass is 127. The van der Waals surface area contributed by atoms with Crippen LogP contribution in [0.4, 0.5) is 11.4 Å². The molecule has 0 saturated heterocycles. The van der Waals surface area contributed by atoms with E-state index in [0.717, 1.165) is 12.7 Å². The van der Waals surface area contributed by atoms with Gasteiger partial charge >= 0.3 is 0 Å². The molecule has 1 amide bonds. The number of non-ortho nitro benzene ring substituents is 1. The van der Waals surface area contributed by atoms with Gasteiger partial charge in [0.2, 0.25) is 0 Å². The molecular formula is C23H15I2N3O4. The van der Waals surface area contributed by atoms with Crippen molar-refractivity contribution in [3.05, 3.63) is 101 Å². The van der Waals surface area contributed by atoms with Crippen LogP contribution in [0.1, 0.15) is 11.1 Å². The zero-order valence-corrected chi connectivity index (χ0v) is 20.7. The molecule has 160 valence electrons. The van der Waals surface area contributed by atoms with E-state index in [1.54, 1.807) is 36.4 Å². The van der Waals surface area contributed by atoms with Crippen LogP contribution in [0.5, 0.6) is 5.75 Å². The summed E-state index contributed by atoms with van der Waals surface area (Å²) in [6.07, 6.45) is 1.53. The lowest BCUT2D eigenvalue weighted by Gasteiger charge is -2.12. The molecule has 32 heavy (non-hydrogen) atoms. The standard InChI is InChI=1S/C23H15I2N3O4/c24-20-11-16(10-17(13-26)23(29)27-18-4-2-1-3-5-18)12-21(25)22(20)32-14-15-6-8-19(9-7-15)28(30)31/h1-12H,14H2,(H,27,29)/b17-10-. The van der Waals surface area contributed by atoms with E-state index in [4.69, 9.17) is 4.74 Å². The highest BCUT2D eigenvalue weighted by Crippen LogP contribution is 2.30. The zero-order chi connectivity index (χ0) is 23.1. The Hall–Kier alpha value is -2.98. The third-order valence-corrected chi connectivity index (χ3v) is 5.86. The summed E-state index contributed by atoms with van der Waals surface area (Å²) in [4.78, 5) is 22.8. The minimum Gasteiger partial charge on any atom is -0.487 e. The molecule has 1 N–H and O–H groups in total. The van der Waals surface area contributed by atoms with Crippen LogP contribution in [0, 0.1) is 28.6 Å². The maximum atomic E-state index is 12.4. The number of nitro groups is 1. The number of rotatable bonds is 7. The van der Waals surface area contributed by atoms with Crippen molar-refractivity contribution in [2.75, 3.05) is 5.32 Å². The van der Waals surface area contributed by atoms with Crippen molar-refractivity contribution in [3.63, 3.8) is 0 Å². The number of nitriles is 1. The molecule has 0 fully saturated rings. The molecule has 0 aliphatic rings. The Balaban J connectivity index is 1.74. The summed E-state index contributed by atoms with van der Waals surface area (Å²) in [5.41, 5.74) is 2.12. The number of amides is 1. The number of carbonyl (C=O) groups excluding carboxylic acids is 1. The molecular weight excluding hydrogens is 636 g/mol. The summed E-state index contributed by atoms with van der Waals surface area (Å²) >= 11 is 4.26. The lowest BCUT2D eigenvalue weighted by molar-refractivity contribution is -0.384. The van der Waals surface area contributed by atoms with Gasteiger partial charge in [-0.05, 0) is 98.8 Å². The number of nitro benzene ring substituents is 1. The molecule has 0 atom stereocenters. The molecule has 0 bridgehead atoms. The van der Waals surface area contributed by atoms with E-state index in [-0.39, 0.29) is 17.9 Å². The van der Waals surface area contributed by atoms with Gasteiger partial charge in [0.15, 0.2) is 0 Å². The van der Waals surface area contributed by atoms with E-state index in [1.807, 2.05) is 24.3 Å². The Kier molecular flexibility index (Phi) is 8.18. The molecule has 0 heterocycles. The number of hydrogen-bond donors (Lipinski definition) is 1. The van der Waals surface area contributed by atoms with E-state index < -0.39 is 10.8 Å². The first kappa shape index (κ1) is 23.7. The molecule has 3 aromatic rings. The van der Waals surface area contributed by atoms with E-state index in [2.05, 4.69) is 50.5 Å². The third-order valence-electron chi connectivity index (χ3n) is 4.26. The first-order valence-corrected chi connectivity index (χ1v) is 11.4. The minimum absolute atomic E-state index is 0.0139. The van der Waals surface area contributed by atoms with Crippen LogP contribution >= 0.6 is 45.2 Å². The molecule has 9 heteroatoms. The van der Waals surface area contributed by atoms with Gasteiger partial charge in [-0.25, -0.2) is 0 Å². The highest BCUT2D eigenvalue weighted by Gasteiger charge is 2.13. The van der Waals surface area contributed by atoms with E-state index >= 15 is 0 Å². The topological polar surface area (TPSA) is 105 Å². The number of hydrogen-bond acceptors (Lipinski definition) is 5. The third kappa shape index (κ3) is 6.27. The fourth-order valence-corrected chi connectivity index (χ4v) is 4.83. The molecule has 3 rings (SSSR count). The largest absolute Gasteiger partial charge is 0.487 e. The van der Waals surface area contributed by atoms with E-state index in [0.29, 0.717) is 17.0 Å². The van der Waals surface area contributed by atoms with Crippen molar-refractivity contribution in [3.8, 4) is 11.8 Å². The van der Waals surface area contributed by atoms with Gasteiger partial charge in [-0.2, -0.15) is 5.26 Å².